The summed E-state index contributed by atoms with van der Waals surface area (Å²) in [6.07, 6.45) is 0.754. The maximum atomic E-state index is 13.0. The minimum Gasteiger partial charge on any atom is -0.488 e. The maximum Gasteiger partial charge on any atom is 0.257 e. The zero-order chi connectivity index (χ0) is 19.2. The van der Waals surface area contributed by atoms with Gasteiger partial charge in [-0.1, -0.05) is 24.3 Å². The van der Waals surface area contributed by atoms with E-state index in [0.717, 1.165) is 12.0 Å². The van der Waals surface area contributed by atoms with Crippen molar-refractivity contribution in [3.63, 3.8) is 0 Å². The molecule has 0 unspecified atom stereocenters. The van der Waals surface area contributed by atoms with E-state index in [-0.39, 0.29) is 24.2 Å². The highest BCUT2D eigenvalue weighted by atomic mass is 19.1. The Labute approximate surface area is 158 Å². The minimum absolute atomic E-state index is 0.0346. The Hall–Kier alpha value is -2.89. The summed E-state index contributed by atoms with van der Waals surface area (Å²) >= 11 is 0. The van der Waals surface area contributed by atoms with Gasteiger partial charge >= 0.3 is 0 Å². The standard InChI is InChI=1S/C21H23FN2O3/c1-16(25)23-11-4-12-24(14-13-23)21(26)19-5-2-3-6-20(19)27-15-17-7-9-18(22)10-8-17/h2-3,5-10H,4,11-15H2,1H3. The van der Waals surface area contributed by atoms with Crippen LogP contribution in [0.3, 0.4) is 0 Å². The number of rotatable bonds is 4. The fourth-order valence-corrected chi connectivity index (χ4v) is 3.12. The molecule has 0 spiro atoms. The zero-order valence-corrected chi connectivity index (χ0v) is 15.4. The van der Waals surface area contributed by atoms with Gasteiger partial charge in [0.05, 0.1) is 5.56 Å². The molecule has 1 aliphatic heterocycles. The topological polar surface area (TPSA) is 49.9 Å². The summed E-state index contributed by atoms with van der Waals surface area (Å²) in [5.74, 6) is 0.136. The van der Waals surface area contributed by atoms with Gasteiger partial charge in [0, 0.05) is 33.1 Å². The van der Waals surface area contributed by atoms with Gasteiger partial charge in [-0.3, -0.25) is 9.59 Å². The lowest BCUT2D eigenvalue weighted by molar-refractivity contribution is -0.128. The van der Waals surface area contributed by atoms with Crippen molar-refractivity contribution in [3.05, 3.63) is 65.5 Å². The summed E-state index contributed by atoms with van der Waals surface area (Å²) < 4.78 is 18.9. The second-order valence-electron chi connectivity index (χ2n) is 6.56. The fourth-order valence-electron chi connectivity index (χ4n) is 3.12. The van der Waals surface area contributed by atoms with E-state index in [0.29, 0.717) is 37.5 Å². The zero-order valence-electron chi connectivity index (χ0n) is 15.4. The highest BCUT2D eigenvalue weighted by Crippen LogP contribution is 2.22. The molecular weight excluding hydrogens is 347 g/mol. The highest BCUT2D eigenvalue weighted by molar-refractivity contribution is 5.97. The van der Waals surface area contributed by atoms with Crippen molar-refractivity contribution in [2.45, 2.75) is 20.0 Å². The number of carbonyl (C=O) groups excluding carboxylic acids is 2. The van der Waals surface area contributed by atoms with Crippen LogP contribution in [0.25, 0.3) is 0 Å². The van der Waals surface area contributed by atoms with Gasteiger partial charge in [0.15, 0.2) is 0 Å². The van der Waals surface area contributed by atoms with E-state index in [1.165, 1.54) is 12.1 Å². The Balaban J connectivity index is 1.70. The number of ether oxygens (including phenoxy) is 1. The first-order chi connectivity index (χ1) is 13.0. The molecule has 5 nitrogen and oxygen atoms in total. The normalized spacial score (nSPS) is 14.6. The molecule has 1 heterocycles. The van der Waals surface area contributed by atoms with Gasteiger partial charge in [-0.25, -0.2) is 4.39 Å². The summed E-state index contributed by atoms with van der Waals surface area (Å²) in [7, 11) is 0. The first-order valence-electron chi connectivity index (χ1n) is 9.05. The van der Waals surface area contributed by atoms with E-state index in [1.54, 1.807) is 47.1 Å². The van der Waals surface area contributed by atoms with E-state index in [2.05, 4.69) is 0 Å². The van der Waals surface area contributed by atoms with Crippen LogP contribution in [0.1, 0.15) is 29.3 Å². The lowest BCUT2D eigenvalue weighted by Crippen LogP contribution is -2.36. The smallest absolute Gasteiger partial charge is 0.257 e. The minimum atomic E-state index is -0.296. The number of halogens is 1. The van der Waals surface area contributed by atoms with Crippen LogP contribution in [0.4, 0.5) is 4.39 Å². The number of benzene rings is 2. The monoisotopic (exact) mass is 370 g/mol. The van der Waals surface area contributed by atoms with Crippen molar-refractivity contribution in [1.82, 2.24) is 9.80 Å². The second-order valence-corrected chi connectivity index (χ2v) is 6.56. The molecule has 0 aliphatic carbocycles. The molecule has 2 amide bonds. The molecule has 6 heteroatoms. The Morgan fingerprint density at radius 1 is 0.963 bits per heavy atom. The molecule has 27 heavy (non-hydrogen) atoms. The molecule has 2 aromatic carbocycles. The van der Waals surface area contributed by atoms with Crippen molar-refractivity contribution >= 4 is 11.8 Å². The van der Waals surface area contributed by atoms with Gasteiger partial charge in [0.1, 0.15) is 18.2 Å². The van der Waals surface area contributed by atoms with Crippen LogP contribution >= 0.6 is 0 Å². The SMILES string of the molecule is CC(=O)N1CCCN(C(=O)c2ccccc2OCc2ccc(F)cc2)CC1. The van der Waals surface area contributed by atoms with E-state index < -0.39 is 0 Å². The molecule has 1 fully saturated rings. The molecule has 0 aromatic heterocycles. The van der Waals surface area contributed by atoms with Crippen LogP contribution in [0, 0.1) is 5.82 Å². The molecule has 0 atom stereocenters. The van der Waals surface area contributed by atoms with Crippen molar-refractivity contribution in [3.8, 4) is 5.75 Å². The van der Waals surface area contributed by atoms with E-state index in [4.69, 9.17) is 4.74 Å². The second kappa shape index (κ2) is 8.66. The average Bonchev–Trinajstić information content (AvgIpc) is 2.94. The van der Waals surface area contributed by atoms with Crippen molar-refractivity contribution in [2.24, 2.45) is 0 Å². The Morgan fingerprint density at radius 2 is 1.63 bits per heavy atom. The van der Waals surface area contributed by atoms with Gasteiger partial charge < -0.3 is 14.5 Å². The third-order valence-electron chi connectivity index (χ3n) is 4.65. The van der Waals surface area contributed by atoms with Crippen LogP contribution in [-0.2, 0) is 11.4 Å². The number of nitrogens with zero attached hydrogens (tertiary/aromatic N) is 2. The Morgan fingerprint density at radius 3 is 2.37 bits per heavy atom. The Kier molecular flexibility index (Phi) is 6.06. The van der Waals surface area contributed by atoms with Gasteiger partial charge in [0.2, 0.25) is 5.91 Å². The molecule has 2 aromatic rings. The van der Waals surface area contributed by atoms with Crippen LogP contribution in [0.2, 0.25) is 0 Å². The quantitative estimate of drug-likeness (QED) is 0.831. The fraction of sp³-hybridized carbons (Fsp3) is 0.333. The summed E-state index contributed by atoms with van der Waals surface area (Å²) in [6.45, 7) is 4.12. The van der Waals surface area contributed by atoms with Gasteiger partial charge in [-0.2, -0.15) is 0 Å². The first kappa shape index (κ1) is 18.9. The van der Waals surface area contributed by atoms with Crippen molar-refractivity contribution < 1.29 is 18.7 Å². The molecule has 0 bridgehead atoms. The van der Waals surface area contributed by atoms with Crippen molar-refractivity contribution in [1.29, 1.82) is 0 Å². The molecule has 0 radical (unpaired) electrons. The molecule has 1 saturated heterocycles. The molecular formula is C21H23FN2O3. The molecule has 0 saturated carbocycles. The predicted octanol–water partition coefficient (Wildman–Crippen LogP) is 3.10. The number of para-hydroxylation sites is 1. The molecule has 3 rings (SSSR count). The number of carbonyl (C=O) groups is 2. The average molecular weight is 370 g/mol. The molecule has 0 N–H and O–H groups in total. The maximum absolute atomic E-state index is 13.0. The molecule has 142 valence electrons. The van der Waals surface area contributed by atoms with Crippen LogP contribution < -0.4 is 4.74 Å². The third-order valence-corrected chi connectivity index (χ3v) is 4.65. The van der Waals surface area contributed by atoms with E-state index >= 15 is 0 Å². The van der Waals surface area contributed by atoms with Crippen molar-refractivity contribution in [2.75, 3.05) is 26.2 Å². The first-order valence-corrected chi connectivity index (χ1v) is 9.05. The predicted molar refractivity (Wildman–Crippen MR) is 99.9 cm³/mol. The van der Waals surface area contributed by atoms with Gasteiger partial charge in [0.25, 0.3) is 5.91 Å². The van der Waals surface area contributed by atoms with E-state index in [1.807, 2.05) is 6.07 Å². The number of hydrogen-bond acceptors (Lipinski definition) is 3. The van der Waals surface area contributed by atoms with Crippen LogP contribution in [0.5, 0.6) is 5.75 Å². The lowest BCUT2D eigenvalue weighted by atomic mass is 10.1. The van der Waals surface area contributed by atoms with Gasteiger partial charge in [-0.05, 0) is 36.2 Å². The summed E-state index contributed by atoms with van der Waals surface area (Å²) in [5.41, 5.74) is 1.32. The summed E-state index contributed by atoms with van der Waals surface area (Å²) in [4.78, 5) is 28.1. The number of amides is 2. The summed E-state index contributed by atoms with van der Waals surface area (Å²) in [6, 6.07) is 13.2. The largest absolute Gasteiger partial charge is 0.488 e. The van der Waals surface area contributed by atoms with Crippen LogP contribution in [-0.4, -0.2) is 47.8 Å². The van der Waals surface area contributed by atoms with Crippen LogP contribution in [0.15, 0.2) is 48.5 Å². The Bertz CT molecular complexity index is 807. The third kappa shape index (κ3) is 4.84. The lowest BCUT2D eigenvalue weighted by Gasteiger charge is -2.22. The summed E-state index contributed by atoms with van der Waals surface area (Å²) in [5, 5.41) is 0. The molecule has 1 aliphatic rings. The van der Waals surface area contributed by atoms with E-state index in [9.17, 15) is 14.0 Å². The number of hydrogen-bond donors (Lipinski definition) is 0. The highest BCUT2D eigenvalue weighted by Gasteiger charge is 2.23. The van der Waals surface area contributed by atoms with Gasteiger partial charge in [-0.15, -0.1) is 0 Å².